The van der Waals surface area contributed by atoms with Crippen LogP contribution in [0.1, 0.15) is 18.1 Å². The molecule has 2 aromatic rings. The standard InChI is InChI=1S/C21H21F2NO5/c1-2-26-18-12-14(6-8-16(18)29-21(22)23)7-9-19(25)24-13-15-4-3-5-17-20(15)28-11-10-27-17/h3-9,12,21H,2,10-11,13H2,1H3,(H,24,25)/b9-7+. The SMILES string of the molecule is CCOc1cc(/C=C/C(=O)NCc2cccc3c2OCCO3)ccc1OC(F)F. The largest absolute Gasteiger partial charge is 0.490 e. The van der Waals surface area contributed by atoms with Gasteiger partial charge in [-0.3, -0.25) is 4.79 Å². The zero-order valence-corrected chi connectivity index (χ0v) is 15.8. The van der Waals surface area contributed by atoms with Crippen LogP contribution in [0.3, 0.4) is 0 Å². The zero-order chi connectivity index (χ0) is 20.6. The summed E-state index contributed by atoms with van der Waals surface area (Å²) < 4.78 is 45.8. The maximum absolute atomic E-state index is 12.5. The van der Waals surface area contributed by atoms with E-state index < -0.39 is 6.61 Å². The molecule has 154 valence electrons. The van der Waals surface area contributed by atoms with Crippen LogP contribution in [-0.4, -0.2) is 32.3 Å². The Balaban J connectivity index is 1.63. The highest BCUT2D eigenvalue weighted by Gasteiger charge is 2.15. The number of hydrogen-bond acceptors (Lipinski definition) is 5. The molecule has 0 unspecified atom stereocenters. The second-order valence-electron chi connectivity index (χ2n) is 6.01. The first kappa shape index (κ1) is 20.4. The highest BCUT2D eigenvalue weighted by Crippen LogP contribution is 2.33. The molecule has 0 atom stereocenters. The molecule has 1 aliphatic heterocycles. The van der Waals surface area contributed by atoms with Crippen molar-refractivity contribution in [3.63, 3.8) is 0 Å². The molecule has 0 saturated heterocycles. The summed E-state index contributed by atoms with van der Waals surface area (Å²) in [6.45, 7) is 0.321. The van der Waals surface area contributed by atoms with E-state index in [1.54, 1.807) is 19.1 Å². The van der Waals surface area contributed by atoms with Gasteiger partial charge in [0.15, 0.2) is 23.0 Å². The smallest absolute Gasteiger partial charge is 0.387 e. The van der Waals surface area contributed by atoms with Crippen LogP contribution in [0, 0.1) is 0 Å². The molecule has 0 spiro atoms. The van der Waals surface area contributed by atoms with Gasteiger partial charge in [-0.2, -0.15) is 8.78 Å². The molecule has 1 amide bonds. The van der Waals surface area contributed by atoms with Gasteiger partial charge in [0, 0.05) is 18.2 Å². The topological polar surface area (TPSA) is 66.0 Å². The van der Waals surface area contributed by atoms with E-state index in [-0.39, 0.29) is 24.0 Å². The highest BCUT2D eigenvalue weighted by molar-refractivity contribution is 5.91. The van der Waals surface area contributed by atoms with Gasteiger partial charge in [0.1, 0.15) is 13.2 Å². The second kappa shape index (κ2) is 9.77. The lowest BCUT2D eigenvalue weighted by atomic mass is 10.1. The van der Waals surface area contributed by atoms with Crippen LogP contribution in [-0.2, 0) is 11.3 Å². The van der Waals surface area contributed by atoms with Gasteiger partial charge < -0.3 is 24.3 Å². The van der Waals surface area contributed by atoms with Gasteiger partial charge in [-0.15, -0.1) is 0 Å². The van der Waals surface area contributed by atoms with E-state index in [9.17, 15) is 13.6 Å². The number of ether oxygens (including phenoxy) is 4. The quantitative estimate of drug-likeness (QED) is 0.677. The molecule has 6 nitrogen and oxygen atoms in total. The highest BCUT2D eigenvalue weighted by atomic mass is 19.3. The molecule has 0 bridgehead atoms. The van der Waals surface area contributed by atoms with E-state index in [0.717, 1.165) is 5.56 Å². The average molecular weight is 405 g/mol. The molecule has 1 aliphatic rings. The molecule has 29 heavy (non-hydrogen) atoms. The molecule has 3 rings (SSSR count). The number of alkyl halides is 2. The first-order chi connectivity index (χ1) is 14.1. The Morgan fingerprint density at radius 3 is 2.83 bits per heavy atom. The maximum Gasteiger partial charge on any atom is 0.387 e. The summed E-state index contributed by atoms with van der Waals surface area (Å²) in [7, 11) is 0. The molecule has 0 fully saturated rings. The third kappa shape index (κ3) is 5.60. The molecule has 8 heteroatoms. The van der Waals surface area contributed by atoms with Crippen LogP contribution in [0.4, 0.5) is 8.78 Å². The normalized spacial score (nSPS) is 12.8. The summed E-state index contributed by atoms with van der Waals surface area (Å²) in [6, 6.07) is 9.97. The van der Waals surface area contributed by atoms with Crippen LogP contribution in [0.25, 0.3) is 6.08 Å². The number of hydrogen-bond donors (Lipinski definition) is 1. The molecular formula is C21H21F2NO5. The van der Waals surface area contributed by atoms with Gasteiger partial charge >= 0.3 is 6.61 Å². The minimum Gasteiger partial charge on any atom is -0.490 e. The molecule has 0 radical (unpaired) electrons. The number of benzene rings is 2. The first-order valence-corrected chi connectivity index (χ1v) is 9.12. The van der Waals surface area contributed by atoms with Crippen molar-refractivity contribution in [2.45, 2.75) is 20.1 Å². The number of carbonyl (C=O) groups excluding carboxylic acids is 1. The van der Waals surface area contributed by atoms with Crippen LogP contribution < -0.4 is 24.3 Å². The Labute approximate surface area is 167 Å². The van der Waals surface area contributed by atoms with E-state index >= 15 is 0 Å². The van der Waals surface area contributed by atoms with Crippen molar-refractivity contribution in [1.29, 1.82) is 0 Å². The Kier molecular flexibility index (Phi) is 6.89. The number of carbonyl (C=O) groups is 1. The molecule has 0 aliphatic carbocycles. The molecular weight excluding hydrogens is 384 g/mol. The van der Waals surface area contributed by atoms with Crippen LogP contribution in [0.2, 0.25) is 0 Å². The summed E-state index contributed by atoms with van der Waals surface area (Å²) in [4.78, 5) is 12.2. The van der Waals surface area contributed by atoms with Crippen molar-refractivity contribution in [3.05, 3.63) is 53.6 Å². The number of fused-ring (bicyclic) bond motifs is 1. The lowest BCUT2D eigenvalue weighted by Gasteiger charge is -2.20. The summed E-state index contributed by atoms with van der Waals surface area (Å²) in [6.07, 6.45) is 2.91. The van der Waals surface area contributed by atoms with E-state index in [4.69, 9.17) is 14.2 Å². The zero-order valence-electron chi connectivity index (χ0n) is 15.8. The van der Waals surface area contributed by atoms with Crippen molar-refractivity contribution in [2.75, 3.05) is 19.8 Å². The van der Waals surface area contributed by atoms with Gasteiger partial charge in [0.2, 0.25) is 5.91 Å². The van der Waals surface area contributed by atoms with Crippen molar-refractivity contribution >= 4 is 12.0 Å². The lowest BCUT2D eigenvalue weighted by Crippen LogP contribution is -2.22. The maximum atomic E-state index is 12.5. The van der Waals surface area contributed by atoms with Gasteiger partial charge in [0.05, 0.1) is 6.61 Å². The number of amides is 1. The number of nitrogens with one attached hydrogen (secondary N) is 1. The Morgan fingerprint density at radius 1 is 1.21 bits per heavy atom. The molecule has 1 heterocycles. The predicted octanol–water partition coefficient (Wildman–Crippen LogP) is 3.79. The molecule has 2 aromatic carbocycles. The summed E-state index contributed by atoms with van der Waals surface area (Å²) in [5, 5.41) is 2.78. The second-order valence-corrected chi connectivity index (χ2v) is 6.01. The van der Waals surface area contributed by atoms with E-state index in [1.165, 1.54) is 18.2 Å². The fourth-order valence-corrected chi connectivity index (χ4v) is 2.78. The van der Waals surface area contributed by atoms with E-state index in [2.05, 4.69) is 10.1 Å². The molecule has 0 aromatic heterocycles. The van der Waals surface area contributed by atoms with Crippen LogP contribution in [0.5, 0.6) is 23.0 Å². The molecule has 1 N–H and O–H groups in total. The van der Waals surface area contributed by atoms with E-state index in [1.807, 2.05) is 18.2 Å². The Morgan fingerprint density at radius 2 is 2.03 bits per heavy atom. The Hall–Kier alpha value is -3.29. The van der Waals surface area contributed by atoms with Gasteiger partial charge in [-0.25, -0.2) is 0 Å². The third-order valence-electron chi connectivity index (χ3n) is 4.01. The fraction of sp³-hybridized carbons (Fsp3) is 0.286. The van der Waals surface area contributed by atoms with Gasteiger partial charge in [0.25, 0.3) is 0 Å². The minimum absolute atomic E-state index is 0.0560. The lowest BCUT2D eigenvalue weighted by molar-refractivity contribution is -0.116. The van der Waals surface area contributed by atoms with Crippen molar-refractivity contribution in [1.82, 2.24) is 5.32 Å². The summed E-state index contributed by atoms with van der Waals surface area (Å²) in [5.74, 6) is 1.11. The van der Waals surface area contributed by atoms with Crippen LogP contribution in [0.15, 0.2) is 42.5 Å². The number of halogens is 2. The van der Waals surface area contributed by atoms with Gasteiger partial charge in [-0.1, -0.05) is 18.2 Å². The Bertz CT molecular complexity index is 885. The molecule has 0 saturated carbocycles. The van der Waals surface area contributed by atoms with Crippen molar-refractivity contribution < 1.29 is 32.5 Å². The summed E-state index contributed by atoms with van der Waals surface area (Å²) >= 11 is 0. The third-order valence-corrected chi connectivity index (χ3v) is 4.01. The number of para-hydroxylation sites is 1. The number of rotatable bonds is 8. The van der Waals surface area contributed by atoms with Crippen molar-refractivity contribution in [3.8, 4) is 23.0 Å². The average Bonchev–Trinajstić information content (AvgIpc) is 2.72. The monoisotopic (exact) mass is 405 g/mol. The van der Waals surface area contributed by atoms with Gasteiger partial charge in [-0.05, 0) is 36.8 Å². The van der Waals surface area contributed by atoms with E-state index in [0.29, 0.717) is 36.9 Å². The van der Waals surface area contributed by atoms with Crippen molar-refractivity contribution in [2.24, 2.45) is 0 Å². The fourth-order valence-electron chi connectivity index (χ4n) is 2.78. The van der Waals surface area contributed by atoms with Crippen LogP contribution >= 0.6 is 0 Å². The predicted molar refractivity (Wildman–Crippen MR) is 103 cm³/mol. The first-order valence-electron chi connectivity index (χ1n) is 9.12. The minimum atomic E-state index is -2.94. The summed E-state index contributed by atoms with van der Waals surface area (Å²) in [5.41, 5.74) is 1.43.